The molecular formula is C83H145NO18. The number of nitrogens with one attached hydrogen (secondary N) is 1. The van der Waals surface area contributed by atoms with E-state index in [-0.39, 0.29) is 18.9 Å². The normalized spacial score (nSPS) is 26.7. The summed E-state index contributed by atoms with van der Waals surface area (Å²) >= 11 is 0. The Labute approximate surface area is 615 Å². The van der Waals surface area contributed by atoms with Gasteiger partial charge in [-0.1, -0.05) is 304 Å². The Morgan fingerprint density at radius 2 is 0.676 bits per heavy atom. The second kappa shape index (κ2) is 62.7. The van der Waals surface area contributed by atoms with Crippen molar-refractivity contribution in [2.24, 2.45) is 0 Å². The third kappa shape index (κ3) is 42.3. The summed E-state index contributed by atoms with van der Waals surface area (Å²) < 4.78 is 34.4. The van der Waals surface area contributed by atoms with E-state index in [0.29, 0.717) is 6.42 Å². The van der Waals surface area contributed by atoms with Gasteiger partial charge in [0, 0.05) is 6.42 Å². The number of aliphatic hydroxyl groups excluding tert-OH is 11. The molecule has 0 aromatic heterocycles. The highest BCUT2D eigenvalue weighted by Gasteiger charge is 2.54. The topological polar surface area (TPSA) is 307 Å². The molecular weight excluding hydrogens is 1300 g/mol. The summed E-state index contributed by atoms with van der Waals surface area (Å²) in [5.41, 5.74) is 0. The third-order valence-corrected chi connectivity index (χ3v) is 19.6. The smallest absolute Gasteiger partial charge is 0.220 e. The zero-order valence-electron chi connectivity index (χ0n) is 63.1. The number of amides is 1. The Morgan fingerprint density at radius 3 is 1.06 bits per heavy atom. The quantitative estimate of drug-likeness (QED) is 0.0199. The first-order valence-corrected chi connectivity index (χ1v) is 40.5. The lowest BCUT2D eigenvalue weighted by Crippen LogP contribution is -2.66. The van der Waals surface area contributed by atoms with Crippen molar-refractivity contribution < 1.29 is 89.4 Å². The molecule has 3 fully saturated rings. The number of hydrogen-bond acceptors (Lipinski definition) is 18. The second-order valence-corrected chi connectivity index (χ2v) is 28.5. The van der Waals surface area contributed by atoms with Crippen LogP contribution in [0.15, 0.2) is 97.2 Å². The number of hydrogen-bond donors (Lipinski definition) is 12. The van der Waals surface area contributed by atoms with E-state index < -0.39 is 124 Å². The Bertz CT molecular complexity index is 2220. The lowest BCUT2D eigenvalue weighted by atomic mass is 9.96. The molecule has 102 heavy (non-hydrogen) atoms. The summed E-state index contributed by atoms with van der Waals surface area (Å²) in [6, 6.07) is -0.976. The lowest BCUT2D eigenvalue weighted by molar-refractivity contribution is -0.379. The number of aliphatic hydroxyl groups is 11. The first kappa shape index (κ1) is 92.9. The van der Waals surface area contributed by atoms with Gasteiger partial charge in [0.15, 0.2) is 18.9 Å². The maximum absolute atomic E-state index is 13.5. The van der Waals surface area contributed by atoms with Gasteiger partial charge in [0.2, 0.25) is 5.91 Å². The van der Waals surface area contributed by atoms with Gasteiger partial charge in [0.25, 0.3) is 0 Å². The van der Waals surface area contributed by atoms with E-state index in [1.807, 2.05) is 6.08 Å². The molecule has 19 heteroatoms. The van der Waals surface area contributed by atoms with Crippen molar-refractivity contribution in [2.45, 2.75) is 394 Å². The van der Waals surface area contributed by atoms with Crippen molar-refractivity contribution in [3.63, 3.8) is 0 Å². The third-order valence-electron chi connectivity index (χ3n) is 19.6. The average Bonchev–Trinajstić information content (AvgIpc) is 0.755. The summed E-state index contributed by atoms with van der Waals surface area (Å²) in [7, 11) is 0. The van der Waals surface area contributed by atoms with E-state index in [9.17, 15) is 61.0 Å². The van der Waals surface area contributed by atoms with Gasteiger partial charge < -0.3 is 89.9 Å². The van der Waals surface area contributed by atoms with E-state index in [1.54, 1.807) is 6.08 Å². The predicted molar refractivity (Wildman–Crippen MR) is 406 cm³/mol. The molecule has 3 saturated heterocycles. The van der Waals surface area contributed by atoms with Crippen LogP contribution in [0.2, 0.25) is 0 Å². The van der Waals surface area contributed by atoms with E-state index in [4.69, 9.17) is 28.4 Å². The Kier molecular flexibility index (Phi) is 57.1. The number of ether oxygens (including phenoxy) is 6. The van der Waals surface area contributed by atoms with Crippen LogP contribution >= 0.6 is 0 Å². The molecule has 0 aliphatic carbocycles. The van der Waals surface area contributed by atoms with Crippen LogP contribution in [-0.2, 0) is 33.2 Å². The van der Waals surface area contributed by atoms with Crippen LogP contribution < -0.4 is 5.32 Å². The molecule has 0 aromatic rings. The number of rotatable bonds is 63. The number of unbranched alkanes of at least 4 members (excludes halogenated alkanes) is 33. The fraction of sp³-hybridized carbons (Fsp3) is 0.795. The van der Waals surface area contributed by atoms with E-state index in [0.717, 1.165) is 89.9 Å². The second-order valence-electron chi connectivity index (χ2n) is 28.5. The maximum Gasteiger partial charge on any atom is 0.220 e. The zero-order valence-corrected chi connectivity index (χ0v) is 63.1. The Morgan fingerprint density at radius 1 is 0.363 bits per heavy atom. The van der Waals surface area contributed by atoms with Gasteiger partial charge in [0.1, 0.15) is 73.2 Å². The molecule has 17 unspecified atom stereocenters. The molecule has 3 heterocycles. The van der Waals surface area contributed by atoms with Crippen molar-refractivity contribution in [3.8, 4) is 0 Å². The highest BCUT2D eigenvalue weighted by Crippen LogP contribution is 2.33. The molecule has 0 saturated carbocycles. The molecule has 3 aliphatic rings. The molecule has 12 N–H and O–H groups in total. The zero-order chi connectivity index (χ0) is 73.9. The number of allylic oxidation sites excluding steroid dienone is 15. The van der Waals surface area contributed by atoms with E-state index in [2.05, 4.69) is 104 Å². The minimum atomic E-state index is -1.98. The molecule has 590 valence electrons. The first-order chi connectivity index (χ1) is 49.8. The fourth-order valence-electron chi connectivity index (χ4n) is 13.2. The van der Waals surface area contributed by atoms with Crippen molar-refractivity contribution in [2.75, 3.05) is 26.4 Å². The lowest BCUT2D eigenvalue weighted by Gasteiger charge is -2.48. The fourth-order valence-corrected chi connectivity index (χ4v) is 13.2. The van der Waals surface area contributed by atoms with Crippen LogP contribution in [0.5, 0.6) is 0 Å². The molecule has 0 spiro atoms. The van der Waals surface area contributed by atoms with Gasteiger partial charge in [-0.25, -0.2) is 0 Å². The summed E-state index contributed by atoms with van der Waals surface area (Å²) in [5, 5.41) is 121. The Hall–Kier alpha value is -3.29. The summed E-state index contributed by atoms with van der Waals surface area (Å²) in [6.07, 6.45) is 58.3. The minimum Gasteiger partial charge on any atom is -0.394 e. The largest absolute Gasteiger partial charge is 0.394 e. The van der Waals surface area contributed by atoms with Gasteiger partial charge in [-0.15, -0.1) is 0 Å². The molecule has 0 aromatic carbocycles. The van der Waals surface area contributed by atoms with Crippen molar-refractivity contribution in [1.82, 2.24) is 5.32 Å². The first-order valence-electron chi connectivity index (χ1n) is 40.5. The highest BCUT2D eigenvalue weighted by molar-refractivity contribution is 5.76. The van der Waals surface area contributed by atoms with Crippen LogP contribution in [0.1, 0.15) is 290 Å². The Balaban J connectivity index is 1.30. The molecule has 19 nitrogen and oxygen atoms in total. The molecule has 0 bridgehead atoms. The predicted octanol–water partition coefficient (Wildman–Crippen LogP) is 13.6. The van der Waals surface area contributed by atoms with E-state index >= 15 is 0 Å². The molecule has 3 aliphatic heterocycles. The average molecular weight is 1450 g/mol. The van der Waals surface area contributed by atoms with Crippen molar-refractivity contribution >= 4 is 5.91 Å². The standard InChI is InChI=1S/C83H145NO18/c1-3-5-7-9-11-13-15-17-19-21-22-23-24-25-26-27-28-29-30-31-32-33-34-35-36-37-38-39-40-41-42-43-44-45-47-49-51-53-55-57-59-61-71(89)84-66(67(88)60-58-56-54-52-50-48-46-20-18-16-14-12-10-8-6-4-2)65-97-81-77(95)74(92)79(69(63-86)99-81)102-83-78(96)75(93)80(70(64-87)100-83)101-82-76(94)73(91)72(90)68(62-85)98-82/h5,7,11,13,17,19,22-23,25-26,28-29,31-32,58,60,66-70,72-83,85-88,90-96H,3-4,6,8-10,12,14-16,18,20-21,24,27,30,33-57,59,61-65H2,1-2H3,(H,84,89)/b7-5-,13-11-,19-17-,23-22-,26-25-,29-28-,32-31-,60-58+. The maximum atomic E-state index is 13.5. The van der Waals surface area contributed by atoms with Gasteiger partial charge in [-0.05, 0) is 77.0 Å². The van der Waals surface area contributed by atoms with Gasteiger partial charge in [-0.2, -0.15) is 0 Å². The summed E-state index contributed by atoms with van der Waals surface area (Å²) in [5.74, 6) is -0.274. The molecule has 3 rings (SSSR count). The molecule has 1 amide bonds. The van der Waals surface area contributed by atoms with Crippen molar-refractivity contribution in [3.05, 3.63) is 97.2 Å². The minimum absolute atomic E-state index is 0.242. The highest BCUT2D eigenvalue weighted by atomic mass is 16.8. The summed E-state index contributed by atoms with van der Waals surface area (Å²) in [6.45, 7) is 1.63. The SMILES string of the molecule is CC/C=C\C/C=C\C/C=C\C/C=C\C/C=C\C/C=C\C/C=C\CCCCCCCCCCCCCCCCCCCCCC(=O)NC(COC1OC(CO)C(OC2OC(CO)C(OC3OC(CO)C(O)C(O)C3O)C(O)C2O)C(O)C1O)C(O)/C=C/CCCCCCCCCCCCCCCC. The van der Waals surface area contributed by atoms with Crippen LogP contribution in [-0.4, -0.2) is 193 Å². The van der Waals surface area contributed by atoms with Crippen LogP contribution in [0.25, 0.3) is 0 Å². The molecule has 0 radical (unpaired) electrons. The van der Waals surface area contributed by atoms with Gasteiger partial charge in [0.05, 0.1) is 38.6 Å². The number of carbonyl (C=O) groups excluding carboxylic acids is 1. The van der Waals surface area contributed by atoms with Gasteiger partial charge >= 0.3 is 0 Å². The molecule has 17 atom stereocenters. The monoisotopic (exact) mass is 1440 g/mol. The number of carbonyl (C=O) groups is 1. The van der Waals surface area contributed by atoms with E-state index in [1.165, 1.54) is 173 Å². The summed E-state index contributed by atoms with van der Waals surface area (Å²) in [4.78, 5) is 13.5. The van der Waals surface area contributed by atoms with Crippen molar-refractivity contribution in [1.29, 1.82) is 0 Å². The van der Waals surface area contributed by atoms with Crippen LogP contribution in [0.3, 0.4) is 0 Å². The van der Waals surface area contributed by atoms with Crippen LogP contribution in [0.4, 0.5) is 0 Å². The van der Waals surface area contributed by atoms with Gasteiger partial charge in [-0.3, -0.25) is 4.79 Å². The van der Waals surface area contributed by atoms with Crippen LogP contribution in [0, 0.1) is 0 Å².